The van der Waals surface area contributed by atoms with Gasteiger partial charge in [-0.2, -0.15) is 0 Å². The number of β-amino-alcohol motifs (C(OH)–C–C–N with tert-alkyl or cyclic N) is 1. The van der Waals surface area contributed by atoms with E-state index < -0.39 is 11.8 Å². The van der Waals surface area contributed by atoms with Gasteiger partial charge in [-0.15, -0.1) is 0 Å². The lowest BCUT2D eigenvalue weighted by Crippen LogP contribution is -2.34. The predicted octanol–water partition coefficient (Wildman–Crippen LogP) is 1.77. The maximum Gasteiger partial charge on any atom is 0.277 e. The molecule has 1 aliphatic rings. The van der Waals surface area contributed by atoms with E-state index in [9.17, 15) is 14.4 Å². The summed E-state index contributed by atoms with van der Waals surface area (Å²) in [4.78, 5) is 37.7. The fraction of sp³-hybridized carbons (Fsp3) is 0.150. The second kappa shape index (κ2) is 7.76. The van der Waals surface area contributed by atoms with Gasteiger partial charge >= 0.3 is 0 Å². The number of para-hydroxylation sites is 1. The summed E-state index contributed by atoms with van der Waals surface area (Å²) >= 11 is 0. The Bertz CT molecular complexity index is 874. The van der Waals surface area contributed by atoms with Gasteiger partial charge in [-0.05, 0) is 17.7 Å². The maximum atomic E-state index is 12.7. The van der Waals surface area contributed by atoms with Gasteiger partial charge in [0.25, 0.3) is 11.8 Å². The van der Waals surface area contributed by atoms with Crippen molar-refractivity contribution >= 4 is 23.3 Å². The second-order valence-corrected chi connectivity index (χ2v) is 5.83. The van der Waals surface area contributed by atoms with Gasteiger partial charge < -0.3 is 10.4 Å². The minimum Gasteiger partial charge on any atom is -0.395 e. The van der Waals surface area contributed by atoms with Crippen LogP contribution in [0.2, 0.25) is 0 Å². The van der Waals surface area contributed by atoms with Crippen LogP contribution in [0.3, 0.4) is 0 Å². The Balaban J connectivity index is 1.80. The van der Waals surface area contributed by atoms with Crippen molar-refractivity contribution in [1.82, 2.24) is 4.90 Å². The fourth-order valence-corrected chi connectivity index (χ4v) is 2.77. The molecule has 2 amide bonds. The number of carbonyl (C=O) groups is 3. The first kappa shape index (κ1) is 17.6. The third-order valence-electron chi connectivity index (χ3n) is 4.04. The topological polar surface area (TPSA) is 86.7 Å². The number of amides is 2. The number of carbonyl (C=O) groups excluding carboxylic acids is 3. The summed E-state index contributed by atoms with van der Waals surface area (Å²) in [7, 11) is 0. The van der Waals surface area contributed by atoms with E-state index in [4.69, 9.17) is 5.11 Å². The van der Waals surface area contributed by atoms with Crippen molar-refractivity contribution in [3.05, 3.63) is 77.5 Å². The lowest BCUT2D eigenvalue weighted by molar-refractivity contribution is -0.137. The lowest BCUT2D eigenvalue weighted by atomic mass is 10.0. The SMILES string of the molecule is O=C(Cc1ccccc1)c1ccccc1NC1=CC(=O)N(CCO)C1=O. The number of aliphatic hydroxyl groups is 1. The highest BCUT2D eigenvalue weighted by molar-refractivity contribution is 6.18. The third-order valence-corrected chi connectivity index (χ3v) is 4.04. The van der Waals surface area contributed by atoms with Crippen molar-refractivity contribution in [3.63, 3.8) is 0 Å². The molecule has 2 N–H and O–H groups in total. The highest BCUT2D eigenvalue weighted by atomic mass is 16.3. The average molecular weight is 350 g/mol. The van der Waals surface area contributed by atoms with E-state index in [0.717, 1.165) is 10.5 Å². The normalized spacial score (nSPS) is 13.7. The van der Waals surface area contributed by atoms with Crippen LogP contribution in [0.1, 0.15) is 15.9 Å². The molecule has 132 valence electrons. The molecule has 26 heavy (non-hydrogen) atoms. The third kappa shape index (κ3) is 3.70. The summed E-state index contributed by atoms with van der Waals surface area (Å²) in [5.41, 5.74) is 1.89. The van der Waals surface area contributed by atoms with Crippen LogP contribution in [-0.2, 0) is 16.0 Å². The van der Waals surface area contributed by atoms with Gasteiger partial charge in [0.2, 0.25) is 0 Å². The first-order chi connectivity index (χ1) is 12.6. The fourth-order valence-electron chi connectivity index (χ4n) is 2.77. The molecule has 2 aromatic rings. The van der Waals surface area contributed by atoms with Crippen molar-refractivity contribution in [3.8, 4) is 0 Å². The van der Waals surface area contributed by atoms with Gasteiger partial charge in [-0.1, -0.05) is 42.5 Å². The molecule has 0 fully saturated rings. The van der Waals surface area contributed by atoms with Crippen LogP contribution in [-0.4, -0.2) is 40.8 Å². The molecule has 1 heterocycles. The number of hydrogen-bond acceptors (Lipinski definition) is 5. The monoisotopic (exact) mass is 350 g/mol. The number of hydrogen-bond donors (Lipinski definition) is 2. The molecular formula is C20H18N2O4. The van der Waals surface area contributed by atoms with E-state index in [1.54, 1.807) is 24.3 Å². The summed E-state index contributed by atoms with van der Waals surface area (Å²) in [6.45, 7) is -0.362. The number of ketones is 1. The van der Waals surface area contributed by atoms with Crippen LogP contribution in [0.5, 0.6) is 0 Å². The molecule has 6 heteroatoms. The number of nitrogens with zero attached hydrogens (tertiary/aromatic N) is 1. The number of rotatable bonds is 7. The number of Topliss-reactive ketones (excluding diaryl/α,β-unsaturated/α-hetero) is 1. The number of aliphatic hydroxyl groups excluding tert-OH is 1. The highest BCUT2D eigenvalue weighted by Gasteiger charge is 2.31. The van der Waals surface area contributed by atoms with Crippen LogP contribution in [0.15, 0.2) is 66.4 Å². The minimum atomic E-state index is -0.519. The van der Waals surface area contributed by atoms with Gasteiger partial charge in [0.1, 0.15) is 5.70 Å². The lowest BCUT2D eigenvalue weighted by Gasteiger charge is -2.15. The minimum absolute atomic E-state index is 0.0616. The Labute approximate surface area is 150 Å². The second-order valence-electron chi connectivity index (χ2n) is 5.83. The van der Waals surface area contributed by atoms with Crippen LogP contribution < -0.4 is 5.32 Å². The van der Waals surface area contributed by atoms with Crippen molar-refractivity contribution in [2.75, 3.05) is 18.5 Å². The van der Waals surface area contributed by atoms with Crippen molar-refractivity contribution in [2.45, 2.75) is 6.42 Å². The summed E-state index contributed by atoms with van der Waals surface area (Å²) < 4.78 is 0. The van der Waals surface area contributed by atoms with Crippen molar-refractivity contribution in [1.29, 1.82) is 0 Å². The van der Waals surface area contributed by atoms with Gasteiger partial charge in [-0.3, -0.25) is 19.3 Å². The standard InChI is InChI=1S/C20H18N2O4/c23-11-10-22-19(25)13-17(20(22)26)21-16-9-5-4-8-15(16)18(24)12-14-6-2-1-3-7-14/h1-9,13,21,23H,10-12H2. The quantitative estimate of drug-likeness (QED) is 0.587. The molecular weight excluding hydrogens is 332 g/mol. The summed E-state index contributed by atoms with van der Waals surface area (Å²) in [5.74, 6) is -1.10. The molecule has 0 bridgehead atoms. The Morgan fingerprint density at radius 3 is 2.42 bits per heavy atom. The molecule has 0 unspecified atom stereocenters. The maximum absolute atomic E-state index is 12.7. The van der Waals surface area contributed by atoms with Gasteiger partial charge in [0.15, 0.2) is 5.78 Å². The van der Waals surface area contributed by atoms with Crippen LogP contribution in [0.4, 0.5) is 5.69 Å². The first-order valence-electron chi connectivity index (χ1n) is 8.21. The Morgan fingerprint density at radius 2 is 1.69 bits per heavy atom. The van der Waals surface area contributed by atoms with E-state index in [1.165, 1.54) is 6.08 Å². The zero-order chi connectivity index (χ0) is 18.5. The Morgan fingerprint density at radius 1 is 1.00 bits per heavy atom. The summed E-state index contributed by atoms with van der Waals surface area (Å²) in [6.07, 6.45) is 1.42. The molecule has 0 aromatic heterocycles. The van der Waals surface area contributed by atoms with E-state index in [-0.39, 0.29) is 31.1 Å². The summed E-state index contributed by atoms with van der Waals surface area (Å²) in [6, 6.07) is 16.2. The van der Waals surface area contributed by atoms with Crippen LogP contribution >= 0.6 is 0 Å². The number of anilines is 1. The zero-order valence-corrected chi connectivity index (χ0v) is 14.0. The zero-order valence-electron chi connectivity index (χ0n) is 14.0. The summed E-state index contributed by atoms with van der Waals surface area (Å²) in [5, 5.41) is 11.9. The van der Waals surface area contributed by atoms with Gasteiger partial charge in [0, 0.05) is 23.7 Å². The Kier molecular flexibility index (Phi) is 5.24. The molecule has 2 aromatic carbocycles. The molecule has 0 radical (unpaired) electrons. The average Bonchev–Trinajstić information content (AvgIpc) is 2.91. The number of benzene rings is 2. The predicted molar refractivity (Wildman–Crippen MR) is 96.4 cm³/mol. The number of nitrogens with one attached hydrogen (secondary N) is 1. The molecule has 6 nitrogen and oxygen atoms in total. The molecule has 0 saturated heterocycles. The first-order valence-corrected chi connectivity index (χ1v) is 8.21. The van der Waals surface area contributed by atoms with Crippen molar-refractivity contribution < 1.29 is 19.5 Å². The van der Waals surface area contributed by atoms with E-state index in [2.05, 4.69) is 5.32 Å². The van der Waals surface area contributed by atoms with E-state index >= 15 is 0 Å². The van der Waals surface area contributed by atoms with Crippen LogP contribution in [0.25, 0.3) is 0 Å². The van der Waals surface area contributed by atoms with Crippen LogP contribution in [0, 0.1) is 0 Å². The van der Waals surface area contributed by atoms with Crippen molar-refractivity contribution in [2.24, 2.45) is 0 Å². The smallest absolute Gasteiger partial charge is 0.277 e. The Hall–Kier alpha value is -3.25. The van der Waals surface area contributed by atoms with E-state index in [0.29, 0.717) is 11.3 Å². The molecule has 1 aliphatic heterocycles. The molecule has 0 saturated carbocycles. The molecule has 0 atom stereocenters. The van der Waals surface area contributed by atoms with Gasteiger partial charge in [-0.25, -0.2) is 0 Å². The van der Waals surface area contributed by atoms with E-state index in [1.807, 2.05) is 30.3 Å². The molecule has 0 aliphatic carbocycles. The molecule has 0 spiro atoms. The number of imide groups is 1. The largest absolute Gasteiger partial charge is 0.395 e. The van der Waals surface area contributed by atoms with Gasteiger partial charge in [0.05, 0.1) is 13.2 Å². The molecule has 3 rings (SSSR count). The highest BCUT2D eigenvalue weighted by Crippen LogP contribution is 2.22.